The number of halogens is 2. The van der Waals surface area contributed by atoms with Gasteiger partial charge in [-0.2, -0.15) is 0 Å². The Bertz CT molecular complexity index is 1250. The first-order chi connectivity index (χ1) is 13.3. The number of carboxylic acids is 2. The normalized spacial score (nSPS) is 11.2. The minimum Gasteiger partial charge on any atom is -0.478 e. The maximum absolute atomic E-state index is 13.9. The predicted octanol–water partition coefficient (Wildman–Crippen LogP) is 3.99. The maximum atomic E-state index is 13.9. The Kier molecular flexibility index (Phi) is 4.36. The highest BCUT2D eigenvalue weighted by molar-refractivity contribution is 7.19. The third-order valence-corrected chi connectivity index (χ3v) is 5.22. The number of fused-ring (bicyclic) bond motifs is 1. The lowest BCUT2D eigenvalue weighted by atomic mass is 10.1. The van der Waals surface area contributed by atoms with Gasteiger partial charge in [0.25, 0.3) is 0 Å². The zero-order valence-electron chi connectivity index (χ0n) is 13.7. The van der Waals surface area contributed by atoms with Gasteiger partial charge in [0.2, 0.25) is 5.82 Å². The number of thiophene rings is 1. The van der Waals surface area contributed by atoms with Crippen LogP contribution in [0.4, 0.5) is 4.39 Å². The number of hydrogen-bond donors (Lipinski definition) is 2. The molecule has 0 fully saturated rings. The van der Waals surface area contributed by atoms with Crippen molar-refractivity contribution in [2.24, 2.45) is 0 Å². The molecule has 28 heavy (non-hydrogen) atoms. The van der Waals surface area contributed by atoms with Gasteiger partial charge in [0.15, 0.2) is 5.76 Å². The van der Waals surface area contributed by atoms with Crippen molar-refractivity contribution in [2.75, 3.05) is 0 Å². The first-order valence-corrected chi connectivity index (χ1v) is 8.91. The molecule has 0 amide bonds. The van der Waals surface area contributed by atoms with Crippen LogP contribution in [0.25, 0.3) is 21.7 Å². The molecule has 0 radical (unpaired) electrons. The molecule has 0 aliphatic heterocycles. The molecule has 3 heterocycles. The number of aromatic nitrogens is 3. The molecule has 0 bridgehead atoms. The van der Waals surface area contributed by atoms with Crippen molar-refractivity contribution in [1.82, 2.24) is 14.7 Å². The van der Waals surface area contributed by atoms with E-state index in [4.69, 9.17) is 16.1 Å². The van der Waals surface area contributed by atoms with Crippen LogP contribution in [0.3, 0.4) is 0 Å². The molecule has 0 aliphatic carbocycles. The summed E-state index contributed by atoms with van der Waals surface area (Å²) >= 11 is 7.20. The molecule has 11 heteroatoms. The van der Waals surface area contributed by atoms with E-state index in [1.807, 2.05) is 0 Å². The number of carbonyl (C=O) groups is 2. The van der Waals surface area contributed by atoms with Crippen LogP contribution >= 0.6 is 22.9 Å². The third-order valence-electron chi connectivity index (χ3n) is 3.97. The van der Waals surface area contributed by atoms with E-state index in [9.17, 15) is 24.2 Å². The topological polar surface area (TPSA) is 118 Å². The fourth-order valence-corrected chi connectivity index (χ4v) is 3.80. The summed E-state index contributed by atoms with van der Waals surface area (Å²) in [4.78, 5) is 27.5. The Labute approximate surface area is 164 Å². The highest BCUT2D eigenvalue weighted by Gasteiger charge is 2.24. The van der Waals surface area contributed by atoms with Gasteiger partial charge in [-0.05, 0) is 24.3 Å². The fraction of sp³-hybridized carbons (Fsp3) is 0.0588. The first kappa shape index (κ1) is 18.1. The summed E-state index contributed by atoms with van der Waals surface area (Å²) in [6, 6.07) is 7.31. The highest BCUT2D eigenvalue weighted by atomic mass is 35.5. The number of aromatic carboxylic acids is 2. The van der Waals surface area contributed by atoms with Crippen molar-refractivity contribution >= 4 is 45.9 Å². The largest absolute Gasteiger partial charge is 0.478 e. The summed E-state index contributed by atoms with van der Waals surface area (Å²) in [7, 11) is 0. The molecule has 2 N–H and O–H groups in total. The Morgan fingerprint density at radius 2 is 2.00 bits per heavy atom. The van der Waals surface area contributed by atoms with Gasteiger partial charge in [-0.1, -0.05) is 16.8 Å². The molecule has 4 rings (SSSR count). The second-order valence-corrected chi connectivity index (χ2v) is 7.42. The fourth-order valence-electron chi connectivity index (χ4n) is 2.80. The SMILES string of the molecule is O=C(O)c1c(F)ccc2c1nc(C(=O)O)n2Cc1cc(-c2ccc(Cl)s2)on1. The van der Waals surface area contributed by atoms with E-state index in [2.05, 4.69) is 10.1 Å². The molecule has 1 aromatic carbocycles. The van der Waals surface area contributed by atoms with Crippen LogP contribution in [-0.4, -0.2) is 36.9 Å². The van der Waals surface area contributed by atoms with Crippen LogP contribution in [0.1, 0.15) is 26.7 Å². The molecular formula is C17H9ClFN3O5S. The van der Waals surface area contributed by atoms with Crippen LogP contribution in [0.15, 0.2) is 34.9 Å². The zero-order valence-corrected chi connectivity index (χ0v) is 15.3. The Balaban J connectivity index is 1.81. The Hall–Kier alpha value is -3.24. The average molecular weight is 422 g/mol. The lowest BCUT2D eigenvalue weighted by molar-refractivity contribution is 0.0671. The summed E-state index contributed by atoms with van der Waals surface area (Å²) in [6.07, 6.45) is 0. The van der Waals surface area contributed by atoms with Gasteiger partial charge in [-0.25, -0.2) is 19.0 Å². The van der Waals surface area contributed by atoms with Crippen molar-refractivity contribution in [3.05, 3.63) is 57.6 Å². The quantitative estimate of drug-likeness (QED) is 0.500. The molecule has 0 spiro atoms. The summed E-state index contributed by atoms with van der Waals surface area (Å²) in [6.45, 7) is -0.0641. The van der Waals surface area contributed by atoms with E-state index < -0.39 is 29.1 Å². The molecule has 0 saturated carbocycles. The number of imidazole rings is 1. The highest BCUT2D eigenvalue weighted by Crippen LogP contribution is 2.32. The Morgan fingerprint density at radius 3 is 2.64 bits per heavy atom. The molecule has 0 aliphatic rings. The van der Waals surface area contributed by atoms with E-state index in [0.717, 1.165) is 10.9 Å². The van der Waals surface area contributed by atoms with Crippen LogP contribution < -0.4 is 0 Å². The van der Waals surface area contributed by atoms with Crippen molar-refractivity contribution in [3.63, 3.8) is 0 Å². The lowest BCUT2D eigenvalue weighted by Crippen LogP contribution is -2.10. The van der Waals surface area contributed by atoms with Crippen molar-refractivity contribution < 1.29 is 28.7 Å². The van der Waals surface area contributed by atoms with Crippen molar-refractivity contribution in [3.8, 4) is 10.6 Å². The van der Waals surface area contributed by atoms with E-state index in [-0.39, 0.29) is 17.6 Å². The van der Waals surface area contributed by atoms with Crippen LogP contribution in [0, 0.1) is 5.82 Å². The van der Waals surface area contributed by atoms with Crippen LogP contribution in [-0.2, 0) is 6.54 Å². The van der Waals surface area contributed by atoms with Gasteiger partial charge in [0.05, 0.1) is 21.3 Å². The summed E-state index contributed by atoms with van der Waals surface area (Å²) in [5, 5.41) is 22.6. The summed E-state index contributed by atoms with van der Waals surface area (Å²) in [5.41, 5.74) is -0.408. The number of benzene rings is 1. The maximum Gasteiger partial charge on any atom is 0.372 e. The average Bonchev–Trinajstić information content (AvgIpc) is 3.33. The number of hydrogen-bond acceptors (Lipinski definition) is 6. The molecule has 0 atom stereocenters. The molecule has 8 nitrogen and oxygen atoms in total. The van der Waals surface area contributed by atoms with Crippen molar-refractivity contribution in [2.45, 2.75) is 6.54 Å². The lowest BCUT2D eigenvalue weighted by Gasteiger charge is -2.04. The second-order valence-electron chi connectivity index (χ2n) is 5.71. The van der Waals surface area contributed by atoms with Gasteiger partial charge in [0.1, 0.15) is 22.6 Å². The van der Waals surface area contributed by atoms with Gasteiger partial charge in [-0.15, -0.1) is 11.3 Å². The zero-order chi connectivity index (χ0) is 20.0. The van der Waals surface area contributed by atoms with Gasteiger partial charge < -0.3 is 19.3 Å². The minimum atomic E-state index is -1.54. The number of nitrogens with zero attached hydrogens (tertiary/aromatic N) is 3. The molecule has 0 unspecified atom stereocenters. The van der Waals surface area contributed by atoms with Crippen LogP contribution in [0.2, 0.25) is 4.34 Å². The van der Waals surface area contributed by atoms with Crippen molar-refractivity contribution in [1.29, 1.82) is 0 Å². The monoisotopic (exact) mass is 421 g/mol. The molecule has 142 valence electrons. The summed E-state index contributed by atoms with van der Waals surface area (Å²) < 4.78 is 21.0. The summed E-state index contributed by atoms with van der Waals surface area (Å²) in [5.74, 6) is -3.91. The molecular weight excluding hydrogens is 413 g/mol. The first-order valence-electron chi connectivity index (χ1n) is 7.71. The van der Waals surface area contributed by atoms with E-state index in [1.165, 1.54) is 22.0 Å². The van der Waals surface area contributed by atoms with E-state index in [0.29, 0.717) is 15.8 Å². The molecule has 3 aromatic heterocycles. The minimum absolute atomic E-state index is 0.0641. The smallest absolute Gasteiger partial charge is 0.372 e. The van der Waals surface area contributed by atoms with E-state index in [1.54, 1.807) is 18.2 Å². The van der Waals surface area contributed by atoms with Gasteiger partial charge >= 0.3 is 11.9 Å². The van der Waals surface area contributed by atoms with Gasteiger partial charge in [-0.3, -0.25) is 0 Å². The standard InChI is InChI=1S/C17H9ClFN3O5S/c18-12-4-3-11(28-12)10-5-7(21-27-10)6-22-9-2-1-8(19)13(16(23)24)14(9)20-15(22)17(25)26/h1-5H,6H2,(H,23,24)(H,25,26). The Morgan fingerprint density at radius 1 is 1.21 bits per heavy atom. The predicted molar refractivity (Wildman–Crippen MR) is 97.5 cm³/mol. The van der Waals surface area contributed by atoms with Gasteiger partial charge in [0, 0.05) is 6.07 Å². The van der Waals surface area contributed by atoms with Crippen LogP contribution in [0.5, 0.6) is 0 Å². The third kappa shape index (κ3) is 3.02. The van der Waals surface area contributed by atoms with E-state index >= 15 is 0 Å². The number of carboxylic acid groups (broad SMARTS) is 2. The molecule has 4 aromatic rings. The second kappa shape index (κ2) is 6.73. The number of rotatable bonds is 5. The molecule has 0 saturated heterocycles.